The summed E-state index contributed by atoms with van der Waals surface area (Å²) in [6.07, 6.45) is 6.04. The quantitative estimate of drug-likeness (QED) is 0.739. The standard InChI is InChI=1S/C12H25NO/c1-4-12(2,3)14-9-8-10-6-5-7-11(10)13/h10-11H,4-9,13H2,1-3H3. The summed E-state index contributed by atoms with van der Waals surface area (Å²) in [5.74, 6) is 0.711. The fraction of sp³-hybridized carbons (Fsp3) is 1.00. The minimum Gasteiger partial charge on any atom is -0.376 e. The van der Waals surface area contributed by atoms with E-state index in [1.54, 1.807) is 0 Å². The second kappa shape index (κ2) is 5.13. The second-order valence-corrected chi connectivity index (χ2v) is 5.11. The third kappa shape index (κ3) is 3.58. The van der Waals surface area contributed by atoms with Gasteiger partial charge in [0.1, 0.15) is 0 Å². The zero-order chi connectivity index (χ0) is 10.6. The van der Waals surface area contributed by atoms with Gasteiger partial charge in [-0.25, -0.2) is 0 Å². The van der Waals surface area contributed by atoms with Crippen molar-refractivity contribution in [3.63, 3.8) is 0 Å². The molecule has 1 fully saturated rings. The van der Waals surface area contributed by atoms with Crippen molar-refractivity contribution in [3.8, 4) is 0 Å². The Labute approximate surface area is 88.2 Å². The van der Waals surface area contributed by atoms with Gasteiger partial charge in [-0.1, -0.05) is 13.3 Å². The number of nitrogens with two attached hydrogens (primary N) is 1. The molecular formula is C12H25NO. The molecule has 84 valence electrons. The predicted molar refractivity (Wildman–Crippen MR) is 60.3 cm³/mol. The Hall–Kier alpha value is -0.0800. The molecule has 0 aliphatic heterocycles. The van der Waals surface area contributed by atoms with Crippen LogP contribution in [-0.2, 0) is 4.74 Å². The summed E-state index contributed by atoms with van der Waals surface area (Å²) in [5, 5.41) is 0. The van der Waals surface area contributed by atoms with E-state index in [-0.39, 0.29) is 5.60 Å². The molecule has 0 amide bonds. The largest absolute Gasteiger partial charge is 0.376 e. The van der Waals surface area contributed by atoms with Crippen LogP contribution in [0.1, 0.15) is 52.9 Å². The third-order valence-electron chi connectivity index (χ3n) is 3.55. The number of hydrogen-bond donors (Lipinski definition) is 1. The maximum Gasteiger partial charge on any atom is 0.0623 e. The Kier molecular flexibility index (Phi) is 4.39. The minimum absolute atomic E-state index is 0.0443. The van der Waals surface area contributed by atoms with E-state index in [9.17, 15) is 0 Å². The van der Waals surface area contributed by atoms with Crippen molar-refractivity contribution >= 4 is 0 Å². The first kappa shape index (κ1) is 12.0. The van der Waals surface area contributed by atoms with Gasteiger partial charge in [0.25, 0.3) is 0 Å². The van der Waals surface area contributed by atoms with Crippen LogP contribution in [0.2, 0.25) is 0 Å². The summed E-state index contributed by atoms with van der Waals surface area (Å²) >= 11 is 0. The van der Waals surface area contributed by atoms with Gasteiger partial charge in [-0.3, -0.25) is 0 Å². The Morgan fingerprint density at radius 1 is 1.36 bits per heavy atom. The molecule has 2 unspecified atom stereocenters. The summed E-state index contributed by atoms with van der Waals surface area (Å²) < 4.78 is 5.83. The zero-order valence-electron chi connectivity index (χ0n) is 9.88. The van der Waals surface area contributed by atoms with Crippen LogP contribution in [0.5, 0.6) is 0 Å². The molecule has 0 saturated heterocycles. The minimum atomic E-state index is 0.0443. The molecule has 0 aromatic rings. The first-order valence-electron chi connectivity index (χ1n) is 5.94. The van der Waals surface area contributed by atoms with Crippen LogP contribution in [0.4, 0.5) is 0 Å². The van der Waals surface area contributed by atoms with Crippen molar-refractivity contribution in [2.75, 3.05) is 6.61 Å². The number of ether oxygens (including phenoxy) is 1. The average molecular weight is 199 g/mol. The molecule has 0 radical (unpaired) electrons. The third-order valence-corrected chi connectivity index (χ3v) is 3.55. The monoisotopic (exact) mass is 199 g/mol. The number of rotatable bonds is 5. The van der Waals surface area contributed by atoms with Gasteiger partial charge in [-0.2, -0.15) is 0 Å². The molecule has 2 nitrogen and oxygen atoms in total. The molecule has 1 aliphatic carbocycles. The molecule has 2 atom stereocenters. The van der Waals surface area contributed by atoms with Gasteiger partial charge in [0.2, 0.25) is 0 Å². The number of hydrogen-bond acceptors (Lipinski definition) is 2. The highest BCUT2D eigenvalue weighted by molar-refractivity contribution is 4.80. The molecule has 1 aliphatic rings. The highest BCUT2D eigenvalue weighted by Crippen LogP contribution is 2.27. The van der Waals surface area contributed by atoms with Gasteiger partial charge in [-0.05, 0) is 45.4 Å². The first-order chi connectivity index (χ1) is 6.55. The Morgan fingerprint density at radius 3 is 2.57 bits per heavy atom. The van der Waals surface area contributed by atoms with Crippen molar-refractivity contribution in [1.82, 2.24) is 0 Å². The summed E-state index contributed by atoms with van der Waals surface area (Å²) in [7, 11) is 0. The maximum atomic E-state index is 6.01. The fourth-order valence-electron chi connectivity index (χ4n) is 2.01. The van der Waals surface area contributed by atoms with Gasteiger partial charge in [0.05, 0.1) is 5.60 Å². The van der Waals surface area contributed by atoms with E-state index in [1.807, 2.05) is 0 Å². The van der Waals surface area contributed by atoms with Crippen molar-refractivity contribution in [2.45, 2.75) is 64.5 Å². The molecule has 14 heavy (non-hydrogen) atoms. The lowest BCUT2D eigenvalue weighted by Crippen LogP contribution is -2.28. The average Bonchev–Trinajstić information content (AvgIpc) is 2.52. The van der Waals surface area contributed by atoms with Crippen LogP contribution in [-0.4, -0.2) is 18.2 Å². The van der Waals surface area contributed by atoms with Crippen molar-refractivity contribution in [1.29, 1.82) is 0 Å². The van der Waals surface area contributed by atoms with Crippen LogP contribution >= 0.6 is 0 Å². The lowest BCUT2D eigenvalue weighted by atomic mass is 10.0. The van der Waals surface area contributed by atoms with Crippen molar-refractivity contribution in [2.24, 2.45) is 11.7 Å². The van der Waals surface area contributed by atoms with Crippen molar-refractivity contribution < 1.29 is 4.74 Å². The summed E-state index contributed by atoms with van der Waals surface area (Å²) in [6.45, 7) is 7.35. The molecule has 0 bridgehead atoms. The van der Waals surface area contributed by atoms with Crippen LogP contribution in [0.25, 0.3) is 0 Å². The topological polar surface area (TPSA) is 35.2 Å². The van der Waals surface area contributed by atoms with E-state index >= 15 is 0 Å². The smallest absolute Gasteiger partial charge is 0.0623 e. The Bertz CT molecular complexity index is 168. The molecule has 0 aromatic carbocycles. The summed E-state index contributed by atoms with van der Waals surface area (Å²) in [4.78, 5) is 0. The molecule has 0 heterocycles. The lowest BCUT2D eigenvalue weighted by molar-refractivity contribution is -0.0260. The van der Waals surface area contributed by atoms with E-state index in [0.717, 1.165) is 19.4 Å². The van der Waals surface area contributed by atoms with Crippen LogP contribution in [0.3, 0.4) is 0 Å². The summed E-state index contributed by atoms with van der Waals surface area (Å²) in [6, 6.07) is 0.434. The summed E-state index contributed by atoms with van der Waals surface area (Å²) in [5.41, 5.74) is 6.05. The van der Waals surface area contributed by atoms with Gasteiger partial charge >= 0.3 is 0 Å². The van der Waals surface area contributed by atoms with Gasteiger partial charge in [-0.15, -0.1) is 0 Å². The van der Waals surface area contributed by atoms with Crippen LogP contribution in [0, 0.1) is 5.92 Å². The van der Waals surface area contributed by atoms with Crippen molar-refractivity contribution in [3.05, 3.63) is 0 Å². The molecule has 0 aromatic heterocycles. The zero-order valence-corrected chi connectivity index (χ0v) is 9.88. The van der Waals surface area contributed by atoms with Gasteiger partial charge in [0.15, 0.2) is 0 Å². The van der Waals surface area contributed by atoms with E-state index in [2.05, 4.69) is 20.8 Å². The maximum absolute atomic E-state index is 6.01. The molecule has 1 rings (SSSR count). The Balaban J connectivity index is 2.15. The fourth-order valence-corrected chi connectivity index (χ4v) is 2.01. The highest BCUT2D eigenvalue weighted by atomic mass is 16.5. The molecular weight excluding hydrogens is 174 g/mol. The molecule has 0 spiro atoms. The van der Waals surface area contributed by atoms with Crippen LogP contribution < -0.4 is 5.73 Å². The molecule has 2 N–H and O–H groups in total. The first-order valence-corrected chi connectivity index (χ1v) is 5.94. The Morgan fingerprint density at radius 2 is 2.07 bits per heavy atom. The lowest BCUT2D eigenvalue weighted by Gasteiger charge is -2.25. The highest BCUT2D eigenvalue weighted by Gasteiger charge is 2.24. The molecule has 1 saturated carbocycles. The second-order valence-electron chi connectivity index (χ2n) is 5.11. The van der Waals surface area contributed by atoms with Gasteiger partial charge in [0, 0.05) is 12.6 Å². The van der Waals surface area contributed by atoms with Gasteiger partial charge < -0.3 is 10.5 Å². The van der Waals surface area contributed by atoms with Crippen LogP contribution in [0.15, 0.2) is 0 Å². The predicted octanol–water partition coefficient (Wildman–Crippen LogP) is 2.71. The van der Waals surface area contributed by atoms with E-state index in [1.165, 1.54) is 19.3 Å². The van der Waals surface area contributed by atoms with E-state index in [4.69, 9.17) is 10.5 Å². The normalized spacial score (nSPS) is 28.3. The van der Waals surface area contributed by atoms with E-state index < -0.39 is 0 Å². The van der Waals surface area contributed by atoms with E-state index in [0.29, 0.717) is 12.0 Å². The molecule has 2 heteroatoms. The SMILES string of the molecule is CCC(C)(C)OCCC1CCCC1N.